The smallest absolute Gasteiger partial charge is 0.261 e. The van der Waals surface area contributed by atoms with Crippen molar-refractivity contribution in [3.8, 4) is 0 Å². The van der Waals surface area contributed by atoms with Gasteiger partial charge in [-0.2, -0.15) is 0 Å². The average Bonchev–Trinajstić information content (AvgIpc) is 3.02. The first-order chi connectivity index (χ1) is 13.1. The molecule has 28 heavy (non-hydrogen) atoms. The van der Waals surface area contributed by atoms with Gasteiger partial charge in [-0.1, -0.05) is 6.07 Å². The lowest BCUT2D eigenvalue weighted by molar-refractivity contribution is 0.0919. The third-order valence-corrected chi connectivity index (χ3v) is 5.64. The number of nitrogens with zero attached hydrogens (tertiary/aromatic N) is 1. The molecule has 0 bridgehead atoms. The van der Waals surface area contributed by atoms with Crippen LogP contribution < -0.4 is 10.0 Å². The minimum absolute atomic E-state index is 0.179. The number of rotatable bonds is 5. The number of fused-ring (bicyclic) bond motifs is 1. The Labute approximate surface area is 165 Å². The van der Waals surface area contributed by atoms with Gasteiger partial charge in [-0.05, 0) is 70.2 Å². The predicted octanol–water partition coefficient (Wildman–Crippen LogP) is 3.99. The van der Waals surface area contributed by atoms with E-state index < -0.39 is 10.0 Å². The number of nitrogens with one attached hydrogen (secondary N) is 2. The average molecular weight is 400 g/mol. The largest absolute Gasteiger partial charge is 0.348 e. The van der Waals surface area contributed by atoms with E-state index in [0.717, 1.165) is 17.4 Å². The van der Waals surface area contributed by atoms with Crippen LogP contribution in [0.3, 0.4) is 0 Å². The summed E-state index contributed by atoms with van der Waals surface area (Å²) in [5.74, 6) is -0.254. The third-order valence-electron chi connectivity index (χ3n) is 4.26. The Morgan fingerprint density at radius 3 is 2.50 bits per heavy atom. The fourth-order valence-corrected chi connectivity index (χ4v) is 4.06. The Morgan fingerprint density at radius 1 is 1.07 bits per heavy atom. The number of amides is 1. The van der Waals surface area contributed by atoms with E-state index in [4.69, 9.17) is 0 Å². The maximum Gasteiger partial charge on any atom is 0.261 e. The highest BCUT2D eigenvalue weighted by molar-refractivity contribution is 7.92. The van der Waals surface area contributed by atoms with Crippen molar-refractivity contribution in [2.75, 3.05) is 4.72 Å². The van der Waals surface area contributed by atoms with E-state index in [1.807, 2.05) is 40.0 Å². The third kappa shape index (κ3) is 4.36. The van der Waals surface area contributed by atoms with E-state index in [1.165, 1.54) is 6.07 Å². The molecule has 7 heteroatoms. The van der Waals surface area contributed by atoms with E-state index in [9.17, 15) is 13.2 Å². The van der Waals surface area contributed by atoms with Gasteiger partial charge in [0.2, 0.25) is 0 Å². The van der Waals surface area contributed by atoms with Crippen LogP contribution in [0.2, 0.25) is 0 Å². The molecule has 0 aliphatic carbocycles. The highest BCUT2D eigenvalue weighted by atomic mass is 32.2. The Bertz CT molecular complexity index is 1130. The van der Waals surface area contributed by atoms with E-state index >= 15 is 0 Å². The second-order valence-electron chi connectivity index (χ2n) is 7.71. The summed E-state index contributed by atoms with van der Waals surface area (Å²) in [6, 6.07) is 13.4. The number of carbonyl (C=O) groups excluding carboxylic acids is 1. The van der Waals surface area contributed by atoms with Crippen molar-refractivity contribution < 1.29 is 13.2 Å². The van der Waals surface area contributed by atoms with Crippen molar-refractivity contribution in [2.45, 2.75) is 44.7 Å². The zero-order chi connectivity index (χ0) is 20.5. The van der Waals surface area contributed by atoms with Gasteiger partial charge in [0, 0.05) is 40.4 Å². The molecular formula is C21H25N3O3S. The van der Waals surface area contributed by atoms with Gasteiger partial charge in [-0.3, -0.25) is 9.52 Å². The molecule has 2 aromatic carbocycles. The van der Waals surface area contributed by atoms with Crippen LogP contribution in [0.4, 0.5) is 5.69 Å². The van der Waals surface area contributed by atoms with Crippen molar-refractivity contribution in [1.29, 1.82) is 0 Å². The van der Waals surface area contributed by atoms with E-state index in [2.05, 4.69) is 14.6 Å². The van der Waals surface area contributed by atoms with Crippen LogP contribution in [0.15, 0.2) is 59.6 Å². The molecule has 3 rings (SSSR count). The van der Waals surface area contributed by atoms with Crippen molar-refractivity contribution in [2.24, 2.45) is 0 Å². The number of aryl methyl sites for hydroxylation is 1. The quantitative estimate of drug-likeness (QED) is 0.681. The topological polar surface area (TPSA) is 80.2 Å². The Kier molecular flexibility index (Phi) is 5.21. The molecule has 0 aliphatic rings. The number of benzene rings is 2. The summed E-state index contributed by atoms with van der Waals surface area (Å²) in [5, 5.41) is 3.73. The monoisotopic (exact) mass is 399 g/mol. The van der Waals surface area contributed by atoms with E-state index in [1.54, 1.807) is 36.4 Å². The number of aromatic nitrogens is 1. The summed E-state index contributed by atoms with van der Waals surface area (Å²) in [6.07, 6.45) is 1.94. The van der Waals surface area contributed by atoms with Crippen LogP contribution in [-0.2, 0) is 16.6 Å². The summed E-state index contributed by atoms with van der Waals surface area (Å²) in [5.41, 5.74) is 1.34. The van der Waals surface area contributed by atoms with Crippen LogP contribution in [-0.4, -0.2) is 24.4 Å². The molecule has 2 N–H and O–H groups in total. The fourth-order valence-electron chi connectivity index (χ4n) is 2.97. The SMILES string of the molecule is CCn1ccc2cc(S(=O)(=O)Nc3cccc(C(=O)NC(C)(C)C)c3)ccc21. The molecule has 1 aromatic heterocycles. The van der Waals surface area contributed by atoms with Gasteiger partial charge in [0.1, 0.15) is 0 Å². The molecule has 0 spiro atoms. The second-order valence-corrected chi connectivity index (χ2v) is 9.40. The summed E-state index contributed by atoms with van der Waals surface area (Å²) in [7, 11) is -3.77. The van der Waals surface area contributed by atoms with E-state index in [0.29, 0.717) is 11.3 Å². The number of hydrogen-bond donors (Lipinski definition) is 2. The highest BCUT2D eigenvalue weighted by Crippen LogP contribution is 2.23. The van der Waals surface area contributed by atoms with Crippen LogP contribution in [0, 0.1) is 0 Å². The maximum absolute atomic E-state index is 12.8. The Balaban J connectivity index is 1.86. The lowest BCUT2D eigenvalue weighted by Gasteiger charge is -2.20. The van der Waals surface area contributed by atoms with Crippen molar-refractivity contribution in [3.63, 3.8) is 0 Å². The molecule has 1 heterocycles. The Morgan fingerprint density at radius 2 is 1.82 bits per heavy atom. The van der Waals surface area contributed by atoms with Gasteiger partial charge in [0.25, 0.3) is 15.9 Å². The first-order valence-electron chi connectivity index (χ1n) is 9.13. The molecule has 3 aromatic rings. The zero-order valence-corrected chi connectivity index (χ0v) is 17.3. The summed E-state index contributed by atoms with van der Waals surface area (Å²) in [4.78, 5) is 12.5. The van der Waals surface area contributed by atoms with E-state index in [-0.39, 0.29) is 16.3 Å². The Hall–Kier alpha value is -2.80. The van der Waals surface area contributed by atoms with Crippen LogP contribution in [0.1, 0.15) is 38.1 Å². The van der Waals surface area contributed by atoms with Gasteiger partial charge in [-0.25, -0.2) is 8.42 Å². The summed E-state index contributed by atoms with van der Waals surface area (Å²) in [6.45, 7) is 8.52. The van der Waals surface area contributed by atoms with Gasteiger partial charge in [0.05, 0.1) is 4.90 Å². The zero-order valence-electron chi connectivity index (χ0n) is 16.5. The lowest BCUT2D eigenvalue weighted by atomic mass is 10.1. The minimum atomic E-state index is -3.77. The van der Waals surface area contributed by atoms with Crippen LogP contribution in [0.25, 0.3) is 10.9 Å². The second kappa shape index (κ2) is 7.31. The summed E-state index contributed by atoms with van der Waals surface area (Å²) >= 11 is 0. The molecule has 0 aliphatic heterocycles. The molecule has 0 saturated heterocycles. The highest BCUT2D eigenvalue weighted by Gasteiger charge is 2.18. The van der Waals surface area contributed by atoms with Crippen LogP contribution >= 0.6 is 0 Å². The fraction of sp³-hybridized carbons (Fsp3) is 0.286. The normalized spacial score (nSPS) is 12.1. The number of sulfonamides is 1. The predicted molar refractivity (Wildman–Crippen MR) is 112 cm³/mol. The number of anilines is 1. The minimum Gasteiger partial charge on any atom is -0.348 e. The van der Waals surface area contributed by atoms with Crippen molar-refractivity contribution in [3.05, 3.63) is 60.3 Å². The molecule has 0 fully saturated rings. The van der Waals surface area contributed by atoms with Crippen LogP contribution in [0.5, 0.6) is 0 Å². The lowest BCUT2D eigenvalue weighted by Crippen LogP contribution is -2.40. The molecule has 0 radical (unpaired) electrons. The van der Waals surface area contributed by atoms with Gasteiger partial charge < -0.3 is 9.88 Å². The molecule has 6 nitrogen and oxygen atoms in total. The van der Waals surface area contributed by atoms with Gasteiger partial charge >= 0.3 is 0 Å². The van der Waals surface area contributed by atoms with Gasteiger partial charge in [0.15, 0.2) is 0 Å². The van der Waals surface area contributed by atoms with Crippen molar-refractivity contribution >= 4 is 32.5 Å². The molecular weight excluding hydrogens is 374 g/mol. The number of carbonyl (C=O) groups is 1. The first kappa shape index (κ1) is 19.9. The van der Waals surface area contributed by atoms with Crippen molar-refractivity contribution in [1.82, 2.24) is 9.88 Å². The first-order valence-corrected chi connectivity index (χ1v) is 10.6. The molecule has 148 valence electrons. The van der Waals surface area contributed by atoms with Gasteiger partial charge in [-0.15, -0.1) is 0 Å². The molecule has 1 amide bonds. The molecule has 0 unspecified atom stereocenters. The number of hydrogen-bond acceptors (Lipinski definition) is 3. The molecule has 0 saturated carbocycles. The molecule has 0 atom stereocenters. The maximum atomic E-state index is 12.8. The standard InChI is InChI=1S/C21H25N3O3S/c1-5-24-12-11-15-14-18(9-10-19(15)24)28(26,27)23-17-8-6-7-16(13-17)20(25)22-21(2,3)4/h6-14,23H,5H2,1-4H3,(H,22,25). The summed E-state index contributed by atoms with van der Waals surface area (Å²) < 4.78 is 30.2.